The highest BCUT2D eigenvalue weighted by atomic mass is 35.5. The van der Waals surface area contributed by atoms with Crippen molar-refractivity contribution in [3.63, 3.8) is 0 Å². The van der Waals surface area contributed by atoms with Gasteiger partial charge in [0.1, 0.15) is 5.15 Å². The highest BCUT2D eigenvalue weighted by Gasteiger charge is 2.25. The molecule has 0 aliphatic carbocycles. The van der Waals surface area contributed by atoms with Gasteiger partial charge in [0.05, 0.1) is 18.8 Å². The van der Waals surface area contributed by atoms with Crippen LogP contribution in [0.1, 0.15) is 12.5 Å². The predicted octanol–water partition coefficient (Wildman–Crippen LogP) is 1.97. The molecule has 0 radical (unpaired) electrons. The minimum atomic E-state index is -0.132. The maximum Gasteiger partial charge on any atom is 0.130 e. The summed E-state index contributed by atoms with van der Waals surface area (Å²) >= 11 is 11.9. The van der Waals surface area contributed by atoms with Gasteiger partial charge in [-0.05, 0) is 13.0 Å². The van der Waals surface area contributed by atoms with Gasteiger partial charge in [-0.1, -0.05) is 23.2 Å². The molecule has 1 saturated heterocycles. The summed E-state index contributed by atoms with van der Waals surface area (Å²) in [6.45, 7) is 4.23. The number of nitrogens with zero attached hydrogens (tertiary/aromatic N) is 2. The summed E-state index contributed by atoms with van der Waals surface area (Å²) in [4.78, 5) is 6.24. The predicted molar refractivity (Wildman–Crippen MR) is 71.0 cm³/mol. The first-order chi connectivity index (χ1) is 8.58. The van der Waals surface area contributed by atoms with E-state index in [2.05, 4.69) is 9.88 Å². The lowest BCUT2D eigenvalue weighted by Gasteiger charge is -2.36. The van der Waals surface area contributed by atoms with Gasteiger partial charge in [-0.25, -0.2) is 4.98 Å². The van der Waals surface area contributed by atoms with E-state index in [9.17, 15) is 5.11 Å². The average molecular weight is 291 g/mol. The van der Waals surface area contributed by atoms with Gasteiger partial charge in [0, 0.05) is 36.4 Å². The van der Waals surface area contributed by atoms with Crippen LogP contribution in [0.3, 0.4) is 0 Å². The van der Waals surface area contributed by atoms with E-state index in [4.69, 9.17) is 27.9 Å². The number of ether oxygens (including phenoxy) is 1. The van der Waals surface area contributed by atoms with E-state index >= 15 is 0 Å². The van der Waals surface area contributed by atoms with Crippen molar-refractivity contribution >= 4 is 23.2 Å². The average Bonchev–Trinajstić information content (AvgIpc) is 2.32. The molecule has 18 heavy (non-hydrogen) atoms. The molecule has 0 aromatic carbocycles. The molecule has 100 valence electrons. The van der Waals surface area contributed by atoms with E-state index in [1.807, 2.05) is 6.92 Å². The van der Waals surface area contributed by atoms with Crippen LogP contribution in [0.5, 0.6) is 0 Å². The zero-order chi connectivity index (χ0) is 13.1. The Kier molecular flexibility index (Phi) is 4.81. The smallest absolute Gasteiger partial charge is 0.130 e. The Balaban J connectivity index is 2.04. The van der Waals surface area contributed by atoms with E-state index in [0.717, 1.165) is 12.1 Å². The molecule has 0 spiro atoms. The standard InChI is InChI=1S/C12H16Cl2N2O2/c1-8-4-16(6-10(7-17)18-8)5-9-3-15-12(14)2-11(9)13/h2-3,8,10,17H,4-7H2,1H3. The molecule has 1 fully saturated rings. The van der Waals surface area contributed by atoms with Crippen molar-refractivity contribution < 1.29 is 9.84 Å². The molecule has 0 saturated carbocycles. The van der Waals surface area contributed by atoms with Crippen molar-refractivity contribution in [1.29, 1.82) is 0 Å². The Hall–Kier alpha value is -0.390. The SMILES string of the molecule is CC1CN(Cc2cnc(Cl)cc2Cl)CC(CO)O1. The first-order valence-corrected chi connectivity index (χ1v) is 6.62. The molecule has 1 N–H and O–H groups in total. The lowest BCUT2D eigenvalue weighted by molar-refractivity contribution is -0.0972. The first-order valence-electron chi connectivity index (χ1n) is 5.87. The molecule has 1 aromatic heterocycles. The van der Waals surface area contributed by atoms with Crippen molar-refractivity contribution in [3.05, 3.63) is 28.0 Å². The van der Waals surface area contributed by atoms with Crippen molar-refractivity contribution in [2.24, 2.45) is 0 Å². The number of hydrogen-bond acceptors (Lipinski definition) is 4. The minimum Gasteiger partial charge on any atom is -0.394 e. The molecular formula is C12H16Cl2N2O2. The van der Waals surface area contributed by atoms with Gasteiger partial charge in [0.2, 0.25) is 0 Å². The fourth-order valence-corrected chi connectivity index (χ4v) is 2.59. The maximum atomic E-state index is 9.18. The lowest BCUT2D eigenvalue weighted by atomic mass is 10.2. The quantitative estimate of drug-likeness (QED) is 0.865. The highest BCUT2D eigenvalue weighted by molar-refractivity contribution is 6.34. The first kappa shape index (κ1) is 14.0. The number of morpholine rings is 1. The molecule has 2 unspecified atom stereocenters. The molecule has 1 aliphatic heterocycles. The number of hydrogen-bond donors (Lipinski definition) is 1. The Labute approximate surface area is 116 Å². The van der Waals surface area contributed by atoms with Gasteiger partial charge in [0.15, 0.2) is 0 Å². The molecule has 2 atom stereocenters. The lowest BCUT2D eigenvalue weighted by Crippen LogP contribution is -2.47. The monoisotopic (exact) mass is 290 g/mol. The largest absolute Gasteiger partial charge is 0.394 e. The summed E-state index contributed by atoms with van der Waals surface area (Å²) in [6.07, 6.45) is 1.67. The van der Waals surface area contributed by atoms with Crippen LogP contribution < -0.4 is 0 Å². The molecule has 2 rings (SSSR count). The van der Waals surface area contributed by atoms with E-state index in [-0.39, 0.29) is 18.8 Å². The summed E-state index contributed by atoms with van der Waals surface area (Å²) in [6, 6.07) is 1.64. The second-order valence-electron chi connectivity index (χ2n) is 4.54. The van der Waals surface area contributed by atoms with E-state index in [1.165, 1.54) is 0 Å². The molecular weight excluding hydrogens is 275 g/mol. The number of rotatable bonds is 3. The van der Waals surface area contributed by atoms with Crippen LogP contribution in [-0.2, 0) is 11.3 Å². The van der Waals surface area contributed by atoms with Gasteiger partial charge >= 0.3 is 0 Å². The Bertz CT molecular complexity index is 417. The Morgan fingerprint density at radius 2 is 2.28 bits per heavy atom. The number of pyridine rings is 1. The fourth-order valence-electron chi connectivity index (χ4n) is 2.16. The van der Waals surface area contributed by atoms with Crippen LogP contribution >= 0.6 is 23.2 Å². The number of halogens is 2. The zero-order valence-corrected chi connectivity index (χ0v) is 11.7. The Morgan fingerprint density at radius 1 is 1.50 bits per heavy atom. The number of aromatic nitrogens is 1. The van der Waals surface area contributed by atoms with E-state index in [0.29, 0.717) is 23.3 Å². The van der Waals surface area contributed by atoms with Crippen LogP contribution in [0, 0.1) is 0 Å². The van der Waals surface area contributed by atoms with Crippen LogP contribution in [0.2, 0.25) is 10.2 Å². The normalized spacial score (nSPS) is 25.3. The third-order valence-corrected chi connectivity index (χ3v) is 3.45. The molecule has 0 bridgehead atoms. The highest BCUT2D eigenvalue weighted by Crippen LogP contribution is 2.21. The van der Waals surface area contributed by atoms with Crippen LogP contribution in [0.25, 0.3) is 0 Å². The fraction of sp³-hybridized carbons (Fsp3) is 0.583. The second-order valence-corrected chi connectivity index (χ2v) is 5.34. The molecule has 2 heterocycles. The van der Waals surface area contributed by atoms with Crippen molar-refractivity contribution in [2.75, 3.05) is 19.7 Å². The molecule has 4 nitrogen and oxygen atoms in total. The topological polar surface area (TPSA) is 45.6 Å². The summed E-state index contributed by atoms with van der Waals surface area (Å²) in [5, 5.41) is 10.2. The van der Waals surface area contributed by atoms with E-state index in [1.54, 1.807) is 12.3 Å². The number of aliphatic hydroxyl groups is 1. The zero-order valence-electron chi connectivity index (χ0n) is 10.1. The molecule has 0 amide bonds. The van der Waals surface area contributed by atoms with Crippen LogP contribution in [-0.4, -0.2) is 46.9 Å². The molecule has 1 aliphatic rings. The van der Waals surface area contributed by atoms with E-state index < -0.39 is 0 Å². The summed E-state index contributed by atoms with van der Waals surface area (Å²) in [7, 11) is 0. The second kappa shape index (κ2) is 6.17. The summed E-state index contributed by atoms with van der Waals surface area (Å²) in [5.74, 6) is 0. The van der Waals surface area contributed by atoms with Crippen molar-refractivity contribution in [2.45, 2.75) is 25.7 Å². The maximum absolute atomic E-state index is 9.18. The van der Waals surface area contributed by atoms with Gasteiger partial charge < -0.3 is 9.84 Å². The Morgan fingerprint density at radius 3 is 2.94 bits per heavy atom. The minimum absolute atomic E-state index is 0.0352. The van der Waals surface area contributed by atoms with Crippen molar-refractivity contribution in [3.8, 4) is 0 Å². The third-order valence-electron chi connectivity index (χ3n) is 2.90. The van der Waals surface area contributed by atoms with Crippen LogP contribution in [0.15, 0.2) is 12.3 Å². The number of aliphatic hydroxyl groups excluding tert-OH is 1. The van der Waals surface area contributed by atoms with Gasteiger partial charge in [-0.2, -0.15) is 0 Å². The molecule has 6 heteroatoms. The van der Waals surface area contributed by atoms with Crippen LogP contribution in [0.4, 0.5) is 0 Å². The van der Waals surface area contributed by atoms with Gasteiger partial charge in [-0.15, -0.1) is 0 Å². The third kappa shape index (κ3) is 3.56. The van der Waals surface area contributed by atoms with Gasteiger partial charge in [0.25, 0.3) is 0 Å². The van der Waals surface area contributed by atoms with Gasteiger partial charge in [-0.3, -0.25) is 4.90 Å². The van der Waals surface area contributed by atoms with Crippen molar-refractivity contribution in [1.82, 2.24) is 9.88 Å². The summed E-state index contributed by atoms with van der Waals surface area (Å²) < 4.78 is 5.59. The molecule has 1 aromatic rings. The summed E-state index contributed by atoms with van der Waals surface area (Å²) in [5.41, 5.74) is 0.937.